The van der Waals surface area contributed by atoms with Crippen molar-refractivity contribution in [2.45, 2.75) is 24.5 Å². The number of hydrogen-bond acceptors (Lipinski definition) is 12. The van der Waals surface area contributed by atoms with E-state index in [-0.39, 0.29) is 17.1 Å². The van der Waals surface area contributed by atoms with E-state index in [2.05, 4.69) is 23.8 Å². The van der Waals surface area contributed by atoms with Gasteiger partial charge in [-0.2, -0.15) is 9.29 Å². The number of aromatic amines is 1. The van der Waals surface area contributed by atoms with Gasteiger partial charge in [-0.1, -0.05) is 0 Å². The van der Waals surface area contributed by atoms with Gasteiger partial charge in [0, 0.05) is 0 Å². The van der Waals surface area contributed by atoms with Crippen molar-refractivity contribution >= 4 is 40.6 Å². The summed E-state index contributed by atoms with van der Waals surface area (Å²) < 4.78 is 59.2. The van der Waals surface area contributed by atoms with E-state index in [1.54, 1.807) is 0 Å². The maximum Gasteiger partial charge on any atom is 0.481 e. The van der Waals surface area contributed by atoms with Crippen molar-refractivity contribution in [3.05, 3.63) is 16.7 Å². The summed E-state index contributed by atoms with van der Waals surface area (Å²) >= 11 is 0. The fourth-order valence-electron chi connectivity index (χ4n) is 3.09. The molecule has 2 aliphatic heterocycles. The minimum Gasteiger partial charge on any atom is -0.369 e. The second-order valence-electron chi connectivity index (χ2n) is 6.29. The maximum atomic E-state index is 12.0. The summed E-state index contributed by atoms with van der Waals surface area (Å²) in [7, 11) is -15.1. The molecule has 2 saturated heterocycles. The Morgan fingerprint density at radius 3 is 2.65 bits per heavy atom. The Morgan fingerprint density at radius 1 is 1.29 bits per heavy atom. The first-order chi connectivity index (χ1) is 14.2. The van der Waals surface area contributed by atoms with Crippen LogP contribution in [0.25, 0.3) is 11.2 Å². The van der Waals surface area contributed by atoms with Gasteiger partial charge >= 0.3 is 23.5 Å². The molecule has 2 aliphatic rings. The molecule has 6 atom stereocenters. The second kappa shape index (κ2) is 7.52. The Balaban J connectivity index is 1.63. The number of nitrogens with one attached hydrogen (secondary N) is 1. The van der Waals surface area contributed by atoms with E-state index in [0.29, 0.717) is 0 Å². The van der Waals surface area contributed by atoms with Gasteiger partial charge < -0.3 is 30.0 Å². The monoisotopic (exact) mass is 505 g/mol. The summed E-state index contributed by atoms with van der Waals surface area (Å²) in [6, 6.07) is 0. The fourth-order valence-corrected chi connectivity index (χ4v) is 5.84. The largest absolute Gasteiger partial charge is 0.481 e. The van der Waals surface area contributed by atoms with Gasteiger partial charge in [0.1, 0.15) is 18.3 Å². The van der Waals surface area contributed by atoms with Crippen molar-refractivity contribution in [2.75, 3.05) is 12.3 Å². The van der Waals surface area contributed by atoms with E-state index in [9.17, 15) is 28.3 Å². The molecule has 4 rings (SSSR count). The van der Waals surface area contributed by atoms with E-state index in [4.69, 9.17) is 29.3 Å². The van der Waals surface area contributed by atoms with Crippen LogP contribution in [0.5, 0.6) is 0 Å². The van der Waals surface area contributed by atoms with Crippen LogP contribution in [0.3, 0.4) is 0 Å². The molecule has 7 N–H and O–H groups in total. The Bertz CT molecular complexity index is 1220. The van der Waals surface area contributed by atoms with Crippen molar-refractivity contribution in [1.29, 1.82) is 0 Å². The van der Waals surface area contributed by atoms with Gasteiger partial charge in [-0.3, -0.25) is 27.9 Å². The number of anilines is 1. The smallest absolute Gasteiger partial charge is 0.369 e. The quantitative estimate of drug-likeness (QED) is 0.249. The summed E-state index contributed by atoms with van der Waals surface area (Å²) in [6.45, 7) is -0.864. The molecule has 0 bridgehead atoms. The van der Waals surface area contributed by atoms with Crippen molar-refractivity contribution in [3.63, 3.8) is 0 Å². The number of hydrogen-bond donors (Lipinski definition) is 6. The molecule has 0 aromatic carbocycles. The summed E-state index contributed by atoms with van der Waals surface area (Å²) in [6.07, 6.45) is -4.12. The normalized spacial score (nSPS) is 32.9. The molecule has 0 spiro atoms. The lowest BCUT2D eigenvalue weighted by Crippen LogP contribution is -2.31. The minimum atomic E-state index is -5.36. The second-order valence-corrected chi connectivity index (χ2v) is 10.5. The van der Waals surface area contributed by atoms with E-state index in [0.717, 1.165) is 10.9 Å². The Labute approximate surface area is 170 Å². The maximum absolute atomic E-state index is 12.0. The van der Waals surface area contributed by atoms with Crippen LogP contribution in [0.1, 0.15) is 6.23 Å². The molecule has 31 heavy (non-hydrogen) atoms. The number of nitrogens with zero attached hydrogens (tertiary/aromatic N) is 3. The van der Waals surface area contributed by atoms with E-state index in [1.807, 2.05) is 0 Å². The summed E-state index contributed by atoms with van der Waals surface area (Å²) in [5.41, 5.74) is 4.67. The van der Waals surface area contributed by atoms with Crippen LogP contribution in [-0.2, 0) is 36.3 Å². The third-order valence-electron chi connectivity index (χ3n) is 4.13. The van der Waals surface area contributed by atoms with Crippen LogP contribution >= 0.6 is 23.5 Å². The van der Waals surface area contributed by atoms with Crippen LogP contribution < -0.4 is 11.3 Å². The molecule has 4 heterocycles. The van der Waals surface area contributed by atoms with Crippen LogP contribution in [0.2, 0.25) is 0 Å². The van der Waals surface area contributed by atoms with Gasteiger partial charge in [0.25, 0.3) is 5.56 Å². The van der Waals surface area contributed by atoms with E-state index >= 15 is 0 Å². The van der Waals surface area contributed by atoms with Crippen molar-refractivity contribution in [1.82, 2.24) is 19.5 Å². The average Bonchev–Trinajstić information content (AvgIpc) is 3.22. The molecule has 0 saturated carbocycles. The molecule has 2 unspecified atom stereocenters. The van der Waals surface area contributed by atoms with Gasteiger partial charge in [-0.15, -0.1) is 0 Å². The van der Waals surface area contributed by atoms with Gasteiger partial charge in [0.05, 0.1) is 12.9 Å². The lowest BCUT2D eigenvalue weighted by molar-refractivity contribution is -0.0580. The molecule has 21 heteroatoms. The molecule has 18 nitrogen and oxygen atoms in total. The summed E-state index contributed by atoms with van der Waals surface area (Å²) in [4.78, 5) is 58.4. The number of phosphoric acid groups is 3. The number of aromatic nitrogens is 4. The first kappa shape index (κ1) is 22.7. The zero-order chi connectivity index (χ0) is 22.8. The fraction of sp³-hybridized carbons (Fsp3) is 0.500. The highest BCUT2D eigenvalue weighted by Crippen LogP contribution is 2.60. The molecule has 0 aliphatic carbocycles. The summed E-state index contributed by atoms with van der Waals surface area (Å²) in [5, 5.41) is 0. The Hall–Kier alpha value is -1.52. The minimum absolute atomic E-state index is 0.0625. The average molecular weight is 505 g/mol. The number of fused-ring (bicyclic) bond motifs is 2. The number of ether oxygens (including phenoxy) is 1. The van der Waals surface area contributed by atoms with Crippen molar-refractivity contribution in [3.8, 4) is 0 Å². The van der Waals surface area contributed by atoms with Crippen LogP contribution in [-0.4, -0.2) is 64.0 Å². The van der Waals surface area contributed by atoms with E-state index < -0.39 is 60.2 Å². The number of nitrogens with two attached hydrogens (primary N) is 1. The van der Waals surface area contributed by atoms with Gasteiger partial charge in [-0.05, 0) is 0 Å². The molecule has 2 fully saturated rings. The molecule has 2 aromatic heterocycles. The first-order valence-corrected chi connectivity index (χ1v) is 12.6. The lowest BCUT2D eigenvalue weighted by Gasteiger charge is -2.20. The Morgan fingerprint density at radius 2 is 1.97 bits per heavy atom. The topological polar surface area (TPSA) is 268 Å². The number of rotatable bonds is 6. The molecular formula is C10H14N5O13P3. The van der Waals surface area contributed by atoms with Crippen LogP contribution in [0.4, 0.5) is 5.95 Å². The van der Waals surface area contributed by atoms with Gasteiger partial charge in [0.15, 0.2) is 17.4 Å². The molecule has 2 aromatic rings. The van der Waals surface area contributed by atoms with Crippen LogP contribution in [0.15, 0.2) is 11.1 Å². The molecular weight excluding hydrogens is 491 g/mol. The zero-order valence-corrected chi connectivity index (χ0v) is 17.5. The predicted molar refractivity (Wildman–Crippen MR) is 94.9 cm³/mol. The van der Waals surface area contributed by atoms with Crippen molar-refractivity contribution < 1.29 is 55.9 Å². The van der Waals surface area contributed by atoms with E-state index in [1.165, 1.54) is 0 Å². The molecule has 172 valence electrons. The summed E-state index contributed by atoms with van der Waals surface area (Å²) in [5.74, 6) is -0.249. The molecule has 0 radical (unpaired) electrons. The predicted octanol–water partition coefficient (Wildman–Crippen LogP) is -1.29. The highest BCUT2D eigenvalue weighted by Gasteiger charge is 2.58. The third-order valence-corrected chi connectivity index (χ3v) is 7.30. The third kappa shape index (κ3) is 4.66. The number of imidazole rings is 1. The number of H-pyrrole nitrogens is 1. The molecule has 0 amide bonds. The van der Waals surface area contributed by atoms with Gasteiger partial charge in [-0.25, -0.2) is 18.7 Å². The van der Waals surface area contributed by atoms with Crippen molar-refractivity contribution in [2.24, 2.45) is 0 Å². The highest BCUT2D eigenvalue weighted by molar-refractivity contribution is 7.60. The number of nitrogen functional groups attached to an aromatic ring is 1. The standard InChI is InChI=1S/C10H14N5O13P3/c11-10-13-7-4(8(16)14-10)12-2-15(7)9-6-5(26-31(22,23)27-6)3(25-9)1-24-30(20,21)28-29(17,18)19/h2-3,5-6,9H,1H2,(H,20,21)(H,22,23)(H2,17,18,19)(H3,11,13,14,16)/t3-,5-,6-,9-/m1/s1. The highest BCUT2D eigenvalue weighted by atomic mass is 31.3. The van der Waals surface area contributed by atoms with Crippen LogP contribution in [0, 0.1) is 0 Å². The van der Waals surface area contributed by atoms with Gasteiger partial charge in [0.2, 0.25) is 5.95 Å². The zero-order valence-electron chi connectivity index (χ0n) is 14.8. The Kier molecular flexibility index (Phi) is 5.50. The SMILES string of the molecule is Nc1nc2c(ncn2[C@@H]2O[C@H](COP(=O)(O)OP(=O)(O)O)[C@H]3OP(=O)(O)O[C@H]32)c(=O)[nH]1. The lowest BCUT2D eigenvalue weighted by atomic mass is 10.1. The first-order valence-electron chi connectivity index (χ1n) is 8.06. The number of phosphoric ester groups is 2.